The van der Waals surface area contributed by atoms with E-state index in [1.54, 1.807) is 31.4 Å². The zero-order valence-corrected chi connectivity index (χ0v) is 14.2. The number of hydrogen-bond acceptors (Lipinski definition) is 3. The van der Waals surface area contributed by atoms with Crippen molar-refractivity contribution in [3.63, 3.8) is 0 Å². The number of nitrogens with one attached hydrogen (secondary N) is 1. The van der Waals surface area contributed by atoms with Gasteiger partial charge in [-0.1, -0.05) is 11.6 Å². The van der Waals surface area contributed by atoms with Gasteiger partial charge in [-0.15, -0.1) is 0 Å². The lowest BCUT2D eigenvalue weighted by molar-refractivity contribution is 0.102. The second kappa shape index (κ2) is 6.56. The summed E-state index contributed by atoms with van der Waals surface area (Å²) in [6.45, 7) is 0. The number of benzene rings is 1. The van der Waals surface area contributed by atoms with Crippen molar-refractivity contribution < 1.29 is 9.53 Å². The van der Waals surface area contributed by atoms with Crippen molar-refractivity contribution in [3.05, 3.63) is 50.1 Å². The lowest BCUT2D eigenvalue weighted by Gasteiger charge is -2.08. The molecule has 1 N–H and O–H groups in total. The molecule has 1 aromatic carbocycles. The molecule has 20 heavy (non-hydrogen) atoms. The molecule has 1 heterocycles. The Morgan fingerprint density at radius 1 is 1.30 bits per heavy atom. The molecule has 4 nitrogen and oxygen atoms in total. The van der Waals surface area contributed by atoms with Crippen LogP contribution in [0.15, 0.2) is 39.4 Å². The molecule has 2 rings (SSSR count). The van der Waals surface area contributed by atoms with E-state index < -0.39 is 0 Å². The molecule has 0 aliphatic carbocycles. The summed E-state index contributed by atoms with van der Waals surface area (Å²) >= 11 is 12.4. The van der Waals surface area contributed by atoms with Gasteiger partial charge >= 0.3 is 0 Å². The van der Waals surface area contributed by atoms with Crippen LogP contribution in [0.5, 0.6) is 5.75 Å². The maximum atomic E-state index is 12.1. The normalized spacial score (nSPS) is 10.2. The summed E-state index contributed by atoms with van der Waals surface area (Å²) in [6.07, 6.45) is 1.49. The van der Waals surface area contributed by atoms with E-state index in [0.717, 1.165) is 0 Å². The fourth-order valence-electron chi connectivity index (χ4n) is 1.50. The number of anilines is 1. The molecule has 0 bridgehead atoms. The Morgan fingerprint density at radius 2 is 2.05 bits per heavy atom. The van der Waals surface area contributed by atoms with Crippen molar-refractivity contribution in [2.24, 2.45) is 0 Å². The first kappa shape index (κ1) is 15.3. The molecule has 0 spiro atoms. The van der Waals surface area contributed by atoms with Crippen molar-refractivity contribution in [2.75, 3.05) is 12.4 Å². The quantitative estimate of drug-likeness (QED) is 0.743. The number of ether oxygens (including phenoxy) is 1. The number of aromatic nitrogens is 1. The van der Waals surface area contributed by atoms with Crippen molar-refractivity contribution in [2.45, 2.75) is 0 Å². The van der Waals surface area contributed by atoms with Gasteiger partial charge in [0.15, 0.2) is 0 Å². The molecular weight excluding hydrogens is 411 g/mol. The highest BCUT2D eigenvalue weighted by Crippen LogP contribution is 2.26. The van der Waals surface area contributed by atoms with Crippen LogP contribution in [0.3, 0.4) is 0 Å². The summed E-state index contributed by atoms with van der Waals surface area (Å²) in [4.78, 5) is 16.1. The predicted octanol–water partition coefficient (Wildman–Crippen LogP) is 4.52. The molecule has 2 aromatic rings. The number of carbonyl (C=O) groups excluding carboxylic acids is 1. The zero-order chi connectivity index (χ0) is 14.7. The Kier molecular flexibility index (Phi) is 5.01. The maximum absolute atomic E-state index is 12.1. The van der Waals surface area contributed by atoms with Crippen LogP contribution in [0.1, 0.15) is 10.4 Å². The van der Waals surface area contributed by atoms with E-state index in [1.807, 2.05) is 0 Å². The summed E-state index contributed by atoms with van der Waals surface area (Å²) < 4.78 is 6.45. The van der Waals surface area contributed by atoms with Gasteiger partial charge in [0, 0.05) is 5.56 Å². The summed E-state index contributed by atoms with van der Waals surface area (Å²) in [5, 5.41) is 3.08. The Hall–Kier alpha value is -1.11. The van der Waals surface area contributed by atoms with Gasteiger partial charge < -0.3 is 10.1 Å². The van der Waals surface area contributed by atoms with E-state index in [4.69, 9.17) is 16.3 Å². The highest BCUT2D eigenvalue weighted by Gasteiger charge is 2.10. The number of methoxy groups -OCH3 is 1. The smallest absolute Gasteiger partial charge is 0.255 e. The Bertz CT molecular complexity index is 665. The minimum absolute atomic E-state index is 0.246. The van der Waals surface area contributed by atoms with Crippen LogP contribution in [-0.2, 0) is 0 Å². The fraction of sp³-hybridized carbons (Fsp3) is 0.0769. The van der Waals surface area contributed by atoms with Crippen LogP contribution in [0.4, 0.5) is 5.69 Å². The molecule has 7 heteroatoms. The van der Waals surface area contributed by atoms with Crippen molar-refractivity contribution in [1.82, 2.24) is 4.98 Å². The Morgan fingerprint density at radius 3 is 2.65 bits per heavy atom. The minimum Gasteiger partial charge on any atom is -0.496 e. The van der Waals surface area contributed by atoms with Crippen molar-refractivity contribution in [1.29, 1.82) is 0 Å². The number of halogens is 3. The minimum atomic E-state index is -0.246. The average molecular weight is 420 g/mol. The van der Waals surface area contributed by atoms with Gasteiger partial charge in [-0.05, 0) is 56.1 Å². The number of nitrogens with zero attached hydrogens (tertiary/aromatic N) is 1. The second-order valence-corrected chi connectivity index (χ2v) is 5.87. The van der Waals surface area contributed by atoms with Crippen LogP contribution in [0, 0.1) is 0 Å². The molecule has 0 aliphatic rings. The first-order valence-electron chi connectivity index (χ1n) is 5.47. The number of carbonyl (C=O) groups is 1. The number of pyridine rings is 1. The third-order valence-electron chi connectivity index (χ3n) is 2.47. The lowest BCUT2D eigenvalue weighted by atomic mass is 10.2. The number of amides is 1. The molecule has 0 radical (unpaired) electrons. The third kappa shape index (κ3) is 3.50. The van der Waals surface area contributed by atoms with E-state index in [1.165, 1.54) is 6.20 Å². The van der Waals surface area contributed by atoms with Crippen molar-refractivity contribution >= 4 is 55.1 Å². The Balaban J connectivity index is 2.19. The average Bonchev–Trinajstić information content (AvgIpc) is 2.42. The summed E-state index contributed by atoms with van der Waals surface area (Å²) in [5.41, 5.74) is 1.06. The Labute approximate surface area is 137 Å². The van der Waals surface area contributed by atoms with Crippen LogP contribution in [0.25, 0.3) is 0 Å². The standard InChI is InChI=1S/C13H9Br2ClN2O2/c1-20-11-3-2-7(4-9(11)14)13(19)18-8-5-10(15)12(16)17-6-8/h2-6H,1H3,(H,18,19). The van der Waals surface area contributed by atoms with E-state index in [0.29, 0.717) is 31.1 Å². The van der Waals surface area contributed by atoms with E-state index in [2.05, 4.69) is 42.2 Å². The molecule has 104 valence electrons. The van der Waals surface area contributed by atoms with E-state index in [-0.39, 0.29) is 5.91 Å². The van der Waals surface area contributed by atoms with Crippen LogP contribution in [-0.4, -0.2) is 18.0 Å². The molecule has 1 aromatic heterocycles. The van der Waals surface area contributed by atoms with Crippen molar-refractivity contribution in [3.8, 4) is 5.75 Å². The van der Waals surface area contributed by atoms with Gasteiger partial charge in [0.05, 0.1) is 27.9 Å². The predicted molar refractivity (Wildman–Crippen MR) is 85.6 cm³/mol. The topological polar surface area (TPSA) is 51.2 Å². The lowest BCUT2D eigenvalue weighted by Crippen LogP contribution is -2.12. The monoisotopic (exact) mass is 418 g/mol. The fourth-order valence-corrected chi connectivity index (χ4v) is 2.49. The number of hydrogen-bond donors (Lipinski definition) is 1. The van der Waals surface area contributed by atoms with E-state index in [9.17, 15) is 4.79 Å². The molecule has 0 unspecified atom stereocenters. The highest BCUT2D eigenvalue weighted by atomic mass is 79.9. The molecule has 0 fully saturated rings. The maximum Gasteiger partial charge on any atom is 0.255 e. The van der Waals surface area contributed by atoms with Crippen LogP contribution in [0.2, 0.25) is 5.15 Å². The number of rotatable bonds is 3. The second-order valence-electron chi connectivity index (χ2n) is 3.80. The highest BCUT2D eigenvalue weighted by molar-refractivity contribution is 9.10. The summed E-state index contributed by atoms with van der Waals surface area (Å²) in [7, 11) is 1.57. The van der Waals surface area contributed by atoms with Crippen LogP contribution < -0.4 is 10.1 Å². The van der Waals surface area contributed by atoms with Gasteiger partial charge in [0.2, 0.25) is 0 Å². The molecular formula is C13H9Br2ClN2O2. The summed E-state index contributed by atoms with van der Waals surface area (Å²) in [5.74, 6) is 0.418. The van der Waals surface area contributed by atoms with Crippen LogP contribution >= 0.6 is 43.5 Å². The molecule has 0 saturated carbocycles. The van der Waals surface area contributed by atoms with Gasteiger partial charge in [0.25, 0.3) is 5.91 Å². The van der Waals surface area contributed by atoms with Gasteiger partial charge in [-0.25, -0.2) is 4.98 Å². The molecule has 0 saturated heterocycles. The molecule has 0 atom stereocenters. The third-order valence-corrected chi connectivity index (χ3v) is 4.22. The van der Waals surface area contributed by atoms with Gasteiger partial charge in [0.1, 0.15) is 10.9 Å². The first-order chi connectivity index (χ1) is 9.51. The zero-order valence-electron chi connectivity index (χ0n) is 10.3. The SMILES string of the molecule is COc1ccc(C(=O)Nc2cnc(Cl)c(Br)c2)cc1Br. The van der Waals surface area contributed by atoms with Gasteiger partial charge in [-0.3, -0.25) is 4.79 Å². The summed E-state index contributed by atoms with van der Waals surface area (Å²) in [6, 6.07) is 6.77. The first-order valence-corrected chi connectivity index (χ1v) is 7.43. The molecule has 1 amide bonds. The largest absolute Gasteiger partial charge is 0.496 e. The van der Waals surface area contributed by atoms with Gasteiger partial charge in [-0.2, -0.15) is 0 Å². The van der Waals surface area contributed by atoms with E-state index >= 15 is 0 Å². The molecule has 0 aliphatic heterocycles.